The number of rotatable bonds is 8. The monoisotopic (exact) mass is 288 g/mol. The summed E-state index contributed by atoms with van der Waals surface area (Å²) in [6.07, 6.45) is 7.06. The molecular formula is C16H24N4O. The zero-order chi connectivity index (χ0) is 15.1. The van der Waals surface area contributed by atoms with Crippen LogP contribution >= 0.6 is 0 Å². The summed E-state index contributed by atoms with van der Waals surface area (Å²) < 4.78 is 5.35. The number of hydrogen-bond donors (Lipinski definition) is 1. The Kier molecular flexibility index (Phi) is 5.87. The van der Waals surface area contributed by atoms with E-state index in [2.05, 4.69) is 22.0 Å². The van der Waals surface area contributed by atoms with Gasteiger partial charge in [-0.2, -0.15) is 4.98 Å². The molecule has 114 valence electrons. The Balaban J connectivity index is 1.98. The second kappa shape index (κ2) is 7.88. The van der Waals surface area contributed by atoms with Crippen molar-refractivity contribution in [2.75, 3.05) is 6.54 Å². The van der Waals surface area contributed by atoms with E-state index < -0.39 is 0 Å². The van der Waals surface area contributed by atoms with Gasteiger partial charge in [-0.3, -0.25) is 4.98 Å². The maximum atomic E-state index is 5.67. The van der Waals surface area contributed by atoms with Crippen LogP contribution in [0.3, 0.4) is 0 Å². The lowest BCUT2D eigenvalue weighted by molar-refractivity contribution is 0.349. The Labute approximate surface area is 126 Å². The molecule has 0 radical (unpaired) electrons. The Hall–Kier alpha value is -1.75. The average molecular weight is 288 g/mol. The molecule has 1 unspecified atom stereocenters. The van der Waals surface area contributed by atoms with Crippen molar-refractivity contribution >= 4 is 0 Å². The number of aromatic nitrogens is 3. The van der Waals surface area contributed by atoms with Crippen LogP contribution in [0.4, 0.5) is 0 Å². The Morgan fingerprint density at radius 1 is 1.29 bits per heavy atom. The molecule has 5 nitrogen and oxygen atoms in total. The highest BCUT2D eigenvalue weighted by molar-refractivity contribution is 5.52. The van der Waals surface area contributed by atoms with Crippen molar-refractivity contribution in [1.29, 1.82) is 0 Å². The first-order valence-electron chi connectivity index (χ1n) is 7.69. The Morgan fingerprint density at radius 2 is 2.14 bits per heavy atom. The molecule has 0 saturated heterocycles. The maximum Gasteiger partial charge on any atom is 0.227 e. The first kappa shape index (κ1) is 15.6. The van der Waals surface area contributed by atoms with E-state index >= 15 is 0 Å². The minimum absolute atomic E-state index is 0.578. The molecule has 0 spiro atoms. The molecule has 0 aromatic carbocycles. The molecule has 2 aromatic rings. The van der Waals surface area contributed by atoms with Gasteiger partial charge in [0.25, 0.3) is 0 Å². The van der Waals surface area contributed by atoms with Crippen molar-refractivity contribution in [3.8, 4) is 11.5 Å². The molecule has 5 heteroatoms. The van der Waals surface area contributed by atoms with Gasteiger partial charge in [0, 0.05) is 12.6 Å². The Bertz CT molecular complexity index is 547. The predicted octanol–water partition coefficient (Wildman–Crippen LogP) is 3.14. The van der Waals surface area contributed by atoms with Gasteiger partial charge in [-0.05, 0) is 43.9 Å². The highest BCUT2D eigenvalue weighted by Gasteiger charge is 2.14. The minimum atomic E-state index is 0.578. The van der Waals surface area contributed by atoms with Crippen molar-refractivity contribution in [3.05, 3.63) is 29.8 Å². The van der Waals surface area contributed by atoms with Crippen molar-refractivity contribution in [3.63, 3.8) is 0 Å². The molecule has 2 aromatic heterocycles. The molecule has 2 rings (SSSR count). The summed E-state index contributed by atoms with van der Waals surface area (Å²) in [6.45, 7) is 4.95. The molecule has 2 heterocycles. The van der Waals surface area contributed by atoms with Crippen LogP contribution in [0.1, 0.15) is 44.1 Å². The molecular weight excluding hydrogens is 264 g/mol. The van der Waals surface area contributed by atoms with Gasteiger partial charge in [0.15, 0.2) is 0 Å². The van der Waals surface area contributed by atoms with Crippen molar-refractivity contribution in [2.24, 2.45) is 11.7 Å². The smallest absolute Gasteiger partial charge is 0.227 e. The molecule has 0 amide bonds. The third-order valence-electron chi connectivity index (χ3n) is 3.73. The van der Waals surface area contributed by atoms with Gasteiger partial charge < -0.3 is 10.3 Å². The molecule has 2 N–H and O–H groups in total. The Morgan fingerprint density at radius 3 is 2.86 bits per heavy atom. The summed E-state index contributed by atoms with van der Waals surface area (Å²) in [7, 11) is 0. The second-order valence-corrected chi connectivity index (χ2v) is 5.45. The highest BCUT2D eigenvalue weighted by Crippen LogP contribution is 2.20. The fourth-order valence-electron chi connectivity index (χ4n) is 2.58. The standard InChI is InChI=1S/C16H24N4O/c1-3-5-13(9-10-17)7-8-14-19-16(20-21-14)15-12(2)6-4-11-18-15/h4,6,11,13H,3,5,7-10,17H2,1-2H3. The molecule has 1 atom stereocenters. The maximum absolute atomic E-state index is 5.67. The minimum Gasteiger partial charge on any atom is -0.339 e. The lowest BCUT2D eigenvalue weighted by atomic mass is 9.94. The van der Waals surface area contributed by atoms with Crippen LogP contribution in [-0.4, -0.2) is 21.7 Å². The fraction of sp³-hybridized carbons (Fsp3) is 0.562. The molecule has 0 aliphatic heterocycles. The summed E-state index contributed by atoms with van der Waals surface area (Å²) in [4.78, 5) is 8.78. The van der Waals surface area contributed by atoms with E-state index in [4.69, 9.17) is 10.3 Å². The average Bonchev–Trinajstić information content (AvgIpc) is 2.94. The van der Waals surface area contributed by atoms with E-state index in [1.165, 1.54) is 12.8 Å². The van der Waals surface area contributed by atoms with Gasteiger partial charge in [-0.15, -0.1) is 0 Å². The van der Waals surface area contributed by atoms with Crippen molar-refractivity contribution in [2.45, 2.75) is 46.0 Å². The first-order valence-corrected chi connectivity index (χ1v) is 7.69. The fourth-order valence-corrected chi connectivity index (χ4v) is 2.58. The number of pyridine rings is 1. The van der Waals surface area contributed by atoms with Gasteiger partial charge in [-0.1, -0.05) is 31.0 Å². The van der Waals surface area contributed by atoms with Gasteiger partial charge in [-0.25, -0.2) is 0 Å². The molecule has 0 bridgehead atoms. The summed E-state index contributed by atoms with van der Waals surface area (Å²) in [5, 5.41) is 4.04. The first-order chi connectivity index (χ1) is 10.2. The molecule has 0 aliphatic rings. The number of nitrogens with two attached hydrogens (primary N) is 1. The van der Waals surface area contributed by atoms with Crippen molar-refractivity contribution < 1.29 is 4.52 Å². The van der Waals surface area contributed by atoms with E-state index in [0.29, 0.717) is 17.6 Å². The largest absolute Gasteiger partial charge is 0.339 e. The zero-order valence-corrected chi connectivity index (χ0v) is 12.9. The highest BCUT2D eigenvalue weighted by atomic mass is 16.5. The van der Waals surface area contributed by atoms with E-state index in [0.717, 1.165) is 37.1 Å². The van der Waals surface area contributed by atoms with Crippen LogP contribution in [0, 0.1) is 12.8 Å². The number of hydrogen-bond acceptors (Lipinski definition) is 5. The lowest BCUT2D eigenvalue weighted by Gasteiger charge is -2.13. The van der Waals surface area contributed by atoms with Gasteiger partial charge in [0.2, 0.25) is 11.7 Å². The lowest BCUT2D eigenvalue weighted by Crippen LogP contribution is -2.09. The van der Waals surface area contributed by atoms with E-state index in [-0.39, 0.29) is 0 Å². The van der Waals surface area contributed by atoms with Crippen LogP contribution in [0.25, 0.3) is 11.5 Å². The van der Waals surface area contributed by atoms with Crippen molar-refractivity contribution in [1.82, 2.24) is 15.1 Å². The summed E-state index contributed by atoms with van der Waals surface area (Å²) >= 11 is 0. The topological polar surface area (TPSA) is 77.8 Å². The van der Waals surface area contributed by atoms with Gasteiger partial charge in [0.1, 0.15) is 5.69 Å². The van der Waals surface area contributed by atoms with Crippen LogP contribution < -0.4 is 5.73 Å². The summed E-state index contributed by atoms with van der Waals surface area (Å²) in [5.41, 5.74) is 7.51. The van der Waals surface area contributed by atoms with Gasteiger partial charge in [0.05, 0.1) is 0 Å². The molecule has 0 fully saturated rings. The zero-order valence-electron chi connectivity index (χ0n) is 12.9. The number of nitrogens with zero attached hydrogens (tertiary/aromatic N) is 3. The number of aryl methyl sites for hydroxylation is 2. The van der Waals surface area contributed by atoms with Crippen LogP contribution in [0.2, 0.25) is 0 Å². The van der Waals surface area contributed by atoms with Crippen LogP contribution in [0.5, 0.6) is 0 Å². The van der Waals surface area contributed by atoms with E-state index in [1.807, 2.05) is 19.1 Å². The normalized spacial score (nSPS) is 12.5. The SMILES string of the molecule is CCCC(CCN)CCc1nc(-c2ncccc2C)no1. The summed E-state index contributed by atoms with van der Waals surface area (Å²) in [5.74, 6) is 1.91. The van der Waals surface area contributed by atoms with E-state index in [1.54, 1.807) is 6.20 Å². The molecule has 0 saturated carbocycles. The molecule has 0 aliphatic carbocycles. The molecule has 21 heavy (non-hydrogen) atoms. The third-order valence-corrected chi connectivity index (χ3v) is 3.73. The van der Waals surface area contributed by atoms with Crippen LogP contribution in [-0.2, 0) is 6.42 Å². The summed E-state index contributed by atoms with van der Waals surface area (Å²) in [6, 6.07) is 3.90. The quantitative estimate of drug-likeness (QED) is 0.807. The third kappa shape index (κ3) is 4.36. The van der Waals surface area contributed by atoms with E-state index in [9.17, 15) is 0 Å². The second-order valence-electron chi connectivity index (χ2n) is 5.45. The van der Waals surface area contributed by atoms with Crippen LogP contribution in [0.15, 0.2) is 22.9 Å². The van der Waals surface area contributed by atoms with Gasteiger partial charge >= 0.3 is 0 Å². The predicted molar refractivity (Wildman–Crippen MR) is 82.7 cm³/mol.